The van der Waals surface area contributed by atoms with E-state index in [0.29, 0.717) is 6.04 Å². The lowest BCUT2D eigenvalue weighted by atomic mass is 9.53. The minimum absolute atomic E-state index is 0. The van der Waals surface area contributed by atoms with Gasteiger partial charge in [0.25, 0.3) is 0 Å². The Morgan fingerprint density at radius 2 is 1.31 bits per heavy atom. The highest BCUT2D eigenvalue weighted by molar-refractivity contribution is 5.54. The molecule has 3 nitrogen and oxygen atoms in total. The van der Waals surface area contributed by atoms with E-state index in [1.165, 1.54) is 27.9 Å². The molecule has 0 spiro atoms. The van der Waals surface area contributed by atoms with Gasteiger partial charge in [-0.3, -0.25) is 9.97 Å². The minimum Gasteiger partial charge on any atom is -1.00 e. The van der Waals surface area contributed by atoms with Gasteiger partial charge >= 0.3 is 0 Å². The van der Waals surface area contributed by atoms with Gasteiger partial charge in [0, 0.05) is 54.3 Å². The number of pyridine rings is 3. The van der Waals surface area contributed by atoms with Crippen LogP contribution in [0.2, 0.25) is 0 Å². The summed E-state index contributed by atoms with van der Waals surface area (Å²) < 4.78 is 2.48. The van der Waals surface area contributed by atoms with Gasteiger partial charge in [-0.1, -0.05) is 30.3 Å². The molecular formula is C25H20ClN3. The van der Waals surface area contributed by atoms with E-state index in [2.05, 4.69) is 87.5 Å². The van der Waals surface area contributed by atoms with Gasteiger partial charge in [-0.25, -0.2) is 0 Å². The molecule has 3 aromatic heterocycles. The van der Waals surface area contributed by atoms with Crippen molar-refractivity contribution in [1.29, 1.82) is 0 Å². The van der Waals surface area contributed by atoms with Gasteiger partial charge in [0.05, 0.1) is 5.92 Å². The van der Waals surface area contributed by atoms with Crippen molar-refractivity contribution >= 4 is 0 Å². The average Bonchev–Trinajstić information content (AvgIpc) is 2.80. The maximum absolute atomic E-state index is 4.30. The molecule has 0 N–H and O–H groups in total. The number of hydrogen-bond acceptors (Lipinski definition) is 2. The lowest BCUT2D eigenvalue weighted by Crippen LogP contribution is -3.00. The number of rotatable bonds is 2. The first-order chi connectivity index (χ1) is 13.9. The number of benzene rings is 1. The number of hydrogen-bond donors (Lipinski definition) is 0. The van der Waals surface area contributed by atoms with Gasteiger partial charge in [-0.05, 0) is 41.0 Å². The molecule has 0 fully saturated rings. The summed E-state index contributed by atoms with van der Waals surface area (Å²) in [6.07, 6.45) is 11.0. The SMILES string of the molecule is [Cl-].c1ccc2c(c1)C1CC(c3ccncc3)(c3ccncc3)C2c2cccc[n+]21. The van der Waals surface area contributed by atoms with E-state index in [1.807, 2.05) is 24.8 Å². The van der Waals surface area contributed by atoms with Crippen LogP contribution < -0.4 is 17.0 Å². The van der Waals surface area contributed by atoms with Crippen molar-refractivity contribution in [2.75, 3.05) is 0 Å². The highest BCUT2D eigenvalue weighted by atomic mass is 35.5. The molecule has 2 atom stereocenters. The Bertz CT molecular complexity index is 1070. The first kappa shape index (κ1) is 18.0. The van der Waals surface area contributed by atoms with E-state index in [4.69, 9.17) is 0 Å². The summed E-state index contributed by atoms with van der Waals surface area (Å²) in [5, 5.41) is 0. The standard InChI is InChI=1S/C25H20N3.ClH/c1-2-6-21-20(5-1)23-17-25(18-8-12-26-13-9-18,19-10-14-27-15-11-19)24(21)22-7-3-4-16-28(22)23;/h1-16,23-24H,17H2;1H/q+1;/p-1. The Kier molecular flexibility index (Phi) is 4.21. The molecule has 4 aromatic rings. The zero-order valence-corrected chi connectivity index (χ0v) is 16.6. The average molecular weight is 398 g/mol. The molecule has 4 heteroatoms. The maximum Gasteiger partial charge on any atom is 0.190 e. The fourth-order valence-corrected chi connectivity index (χ4v) is 5.57. The van der Waals surface area contributed by atoms with Crippen LogP contribution in [-0.2, 0) is 5.41 Å². The predicted molar refractivity (Wildman–Crippen MR) is 107 cm³/mol. The summed E-state index contributed by atoms with van der Waals surface area (Å²) in [4.78, 5) is 8.60. The first-order valence-electron chi connectivity index (χ1n) is 9.79. The second-order valence-electron chi connectivity index (χ2n) is 7.76. The van der Waals surface area contributed by atoms with Crippen molar-refractivity contribution in [1.82, 2.24) is 9.97 Å². The van der Waals surface area contributed by atoms with Crippen molar-refractivity contribution in [3.05, 3.63) is 126 Å². The number of halogens is 1. The minimum atomic E-state index is -0.133. The molecule has 0 saturated carbocycles. The Labute approximate surface area is 176 Å². The molecule has 2 aliphatic heterocycles. The first-order valence-corrected chi connectivity index (χ1v) is 9.79. The van der Waals surface area contributed by atoms with E-state index >= 15 is 0 Å². The van der Waals surface area contributed by atoms with Crippen LogP contribution in [0.5, 0.6) is 0 Å². The molecule has 29 heavy (non-hydrogen) atoms. The van der Waals surface area contributed by atoms with Gasteiger partial charge in [0.1, 0.15) is 0 Å². The van der Waals surface area contributed by atoms with E-state index in [1.54, 1.807) is 0 Å². The lowest BCUT2D eigenvalue weighted by molar-refractivity contribution is -0.732. The van der Waals surface area contributed by atoms with E-state index in [-0.39, 0.29) is 23.7 Å². The van der Waals surface area contributed by atoms with Crippen molar-refractivity contribution in [3.63, 3.8) is 0 Å². The molecule has 0 amide bonds. The molecule has 0 radical (unpaired) electrons. The smallest absolute Gasteiger partial charge is 0.190 e. The summed E-state index contributed by atoms with van der Waals surface area (Å²) in [5.74, 6) is 0.250. The van der Waals surface area contributed by atoms with E-state index < -0.39 is 0 Å². The Morgan fingerprint density at radius 3 is 1.97 bits per heavy atom. The van der Waals surface area contributed by atoms with E-state index in [9.17, 15) is 0 Å². The summed E-state index contributed by atoms with van der Waals surface area (Å²) in [6.45, 7) is 0. The Morgan fingerprint density at radius 1 is 0.724 bits per heavy atom. The molecule has 2 bridgehead atoms. The third-order valence-corrected chi connectivity index (χ3v) is 6.62. The van der Waals surface area contributed by atoms with Crippen LogP contribution in [-0.4, -0.2) is 9.97 Å². The molecule has 5 heterocycles. The summed E-state index contributed by atoms with van der Waals surface area (Å²) in [6, 6.07) is 24.7. The van der Waals surface area contributed by atoms with Crippen LogP contribution in [0.1, 0.15) is 46.3 Å². The highest BCUT2D eigenvalue weighted by Crippen LogP contribution is 2.59. The molecular weight excluding hydrogens is 378 g/mol. The van der Waals surface area contributed by atoms with Gasteiger partial charge < -0.3 is 12.4 Å². The zero-order valence-electron chi connectivity index (χ0n) is 15.8. The Hall–Kier alpha value is -3.04. The van der Waals surface area contributed by atoms with Gasteiger partial charge in [-0.15, -0.1) is 0 Å². The summed E-state index contributed by atoms with van der Waals surface area (Å²) in [7, 11) is 0. The van der Waals surface area contributed by atoms with Crippen LogP contribution in [0.15, 0.2) is 97.7 Å². The molecule has 2 unspecified atom stereocenters. The third kappa shape index (κ3) is 2.41. The molecule has 3 aliphatic rings. The maximum atomic E-state index is 4.30. The van der Waals surface area contributed by atoms with Crippen molar-refractivity contribution < 1.29 is 17.0 Å². The molecule has 1 aliphatic carbocycles. The van der Waals surface area contributed by atoms with Gasteiger partial charge in [0.2, 0.25) is 0 Å². The molecule has 142 valence electrons. The van der Waals surface area contributed by atoms with Gasteiger partial charge in [0.15, 0.2) is 17.9 Å². The van der Waals surface area contributed by atoms with E-state index in [0.717, 1.165) is 6.42 Å². The Balaban J connectivity index is 0.00000181. The van der Waals surface area contributed by atoms with Gasteiger partial charge in [-0.2, -0.15) is 4.57 Å². The van der Waals surface area contributed by atoms with Crippen LogP contribution in [0.25, 0.3) is 0 Å². The summed E-state index contributed by atoms with van der Waals surface area (Å²) >= 11 is 0. The fraction of sp³-hybridized carbons (Fsp3) is 0.160. The largest absolute Gasteiger partial charge is 1.00 e. The normalized spacial score (nSPS) is 20.3. The number of aromatic nitrogens is 3. The van der Waals surface area contributed by atoms with Crippen molar-refractivity contribution in [3.8, 4) is 0 Å². The number of nitrogens with zero attached hydrogens (tertiary/aromatic N) is 3. The van der Waals surface area contributed by atoms with Crippen LogP contribution in [0.3, 0.4) is 0 Å². The predicted octanol–water partition coefficient (Wildman–Crippen LogP) is 1.19. The fourth-order valence-electron chi connectivity index (χ4n) is 5.57. The second kappa shape index (κ2) is 6.78. The lowest BCUT2D eigenvalue weighted by Gasteiger charge is -2.49. The molecule has 1 aromatic carbocycles. The third-order valence-electron chi connectivity index (χ3n) is 6.62. The highest BCUT2D eigenvalue weighted by Gasteiger charge is 2.59. The topological polar surface area (TPSA) is 29.7 Å². The number of fused-ring (bicyclic) bond motifs is 1. The van der Waals surface area contributed by atoms with Crippen molar-refractivity contribution in [2.24, 2.45) is 0 Å². The monoisotopic (exact) mass is 397 g/mol. The zero-order chi connectivity index (χ0) is 18.6. The van der Waals surface area contributed by atoms with Crippen molar-refractivity contribution in [2.45, 2.75) is 23.8 Å². The second-order valence-corrected chi connectivity index (χ2v) is 7.76. The van der Waals surface area contributed by atoms with Crippen LogP contribution in [0, 0.1) is 0 Å². The molecule has 7 rings (SSSR count). The quantitative estimate of drug-likeness (QED) is 0.476. The van der Waals surface area contributed by atoms with Crippen LogP contribution >= 0.6 is 0 Å². The van der Waals surface area contributed by atoms with Crippen LogP contribution in [0.4, 0.5) is 0 Å². The summed E-state index contributed by atoms with van der Waals surface area (Å²) in [5.41, 5.74) is 6.80. The molecule has 0 saturated heterocycles.